The van der Waals surface area contributed by atoms with Crippen LogP contribution in [0.3, 0.4) is 0 Å². The van der Waals surface area contributed by atoms with Crippen molar-refractivity contribution >= 4 is 33.2 Å². The first-order valence-electron chi connectivity index (χ1n) is 3.80. The van der Waals surface area contributed by atoms with E-state index in [1.807, 2.05) is 0 Å². The molecule has 78 valence electrons. The third kappa shape index (κ3) is 2.41. The minimum Gasteiger partial charge on any atom is -0.478 e. The summed E-state index contributed by atoms with van der Waals surface area (Å²) in [5.41, 5.74) is 0.105. The number of halogens is 1. The number of aliphatic carboxylic acids is 1. The van der Waals surface area contributed by atoms with Gasteiger partial charge in [-0.25, -0.2) is 4.79 Å². The molecule has 1 N–H and O–H groups in total. The lowest BCUT2D eigenvalue weighted by molar-refractivity contribution is -0.384. The van der Waals surface area contributed by atoms with Crippen molar-refractivity contribution in [3.05, 3.63) is 44.9 Å². The van der Waals surface area contributed by atoms with Crippen molar-refractivity contribution in [1.82, 2.24) is 0 Å². The monoisotopic (exact) mass is 271 g/mol. The second-order valence-electron chi connectivity index (χ2n) is 2.70. The van der Waals surface area contributed by atoms with Crippen LogP contribution in [-0.2, 0) is 4.79 Å². The van der Waals surface area contributed by atoms with Crippen LogP contribution in [0.1, 0.15) is 5.56 Å². The molecule has 6 heteroatoms. The summed E-state index contributed by atoms with van der Waals surface area (Å²) in [6.45, 7) is 3.36. The lowest BCUT2D eigenvalue weighted by Crippen LogP contribution is -1.99. The summed E-state index contributed by atoms with van der Waals surface area (Å²) in [6, 6.07) is 3.82. The van der Waals surface area contributed by atoms with Crippen molar-refractivity contribution in [2.75, 3.05) is 0 Å². The molecule has 0 spiro atoms. The molecule has 0 fully saturated rings. The predicted octanol–water partition coefficient (Wildman–Crippen LogP) is 2.46. The largest absolute Gasteiger partial charge is 0.478 e. The summed E-state index contributed by atoms with van der Waals surface area (Å²) in [4.78, 5) is 20.5. The Kier molecular flexibility index (Phi) is 3.21. The predicted molar refractivity (Wildman–Crippen MR) is 57.5 cm³/mol. The van der Waals surface area contributed by atoms with Gasteiger partial charge < -0.3 is 5.11 Å². The van der Waals surface area contributed by atoms with E-state index >= 15 is 0 Å². The van der Waals surface area contributed by atoms with Crippen molar-refractivity contribution in [2.45, 2.75) is 0 Å². The number of hydrogen-bond donors (Lipinski definition) is 1. The number of carbonyl (C=O) groups is 1. The van der Waals surface area contributed by atoms with E-state index in [2.05, 4.69) is 22.5 Å². The van der Waals surface area contributed by atoms with Crippen LogP contribution >= 0.6 is 15.9 Å². The Balaban J connectivity index is 3.19. The molecule has 1 aromatic carbocycles. The molecule has 0 aromatic heterocycles. The number of rotatable bonds is 3. The molecule has 0 heterocycles. The summed E-state index contributed by atoms with van der Waals surface area (Å²) < 4.78 is 0.337. The molecule has 5 nitrogen and oxygen atoms in total. The average molecular weight is 272 g/mol. The smallest absolute Gasteiger partial charge is 0.335 e. The quantitative estimate of drug-likeness (QED) is 0.520. The number of benzene rings is 1. The van der Waals surface area contributed by atoms with Crippen LogP contribution in [0, 0.1) is 10.1 Å². The molecule has 0 amide bonds. The summed E-state index contributed by atoms with van der Waals surface area (Å²) in [5, 5.41) is 19.1. The lowest BCUT2D eigenvalue weighted by atomic mass is 10.1. The first-order chi connectivity index (χ1) is 6.93. The van der Waals surface area contributed by atoms with E-state index in [1.54, 1.807) is 0 Å². The number of nitro groups is 1. The third-order valence-electron chi connectivity index (χ3n) is 1.75. The second-order valence-corrected chi connectivity index (χ2v) is 3.56. The fourth-order valence-corrected chi connectivity index (χ4v) is 1.58. The van der Waals surface area contributed by atoms with Crippen molar-refractivity contribution < 1.29 is 14.8 Å². The van der Waals surface area contributed by atoms with Crippen LogP contribution in [0.4, 0.5) is 5.69 Å². The zero-order valence-electron chi connectivity index (χ0n) is 7.44. The maximum atomic E-state index is 10.6. The Morgan fingerprint density at radius 1 is 1.53 bits per heavy atom. The Morgan fingerprint density at radius 2 is 2.13 bits per heavy atom. The van der Waals surface area contributed by atoms with Crippen LogP contribution in [-0.4, -0.2) is 16.0 Å². The highest BCUT2D eigenvalue weighted by Crippen LogP contribution is 2.27. The Bertz CT molecular complexity index is 455. The number of nitro benzene ring substituents is 1. The van der Waals surface area contributed by atoms with Gasteiger partial charge in [-0.3, -0.25) is 10.1 Å². The molecule has 15 heavy (non-hydrogen) atoms. The van der Waals surface area contributed by atoms with Gasteiger partial charge in [-0.05, 0) is 22.0 Å². The fourth-order valence-electron chi connectivity index (χ4n) is 0.978. The molecule has 0 aliphatic rings. The van der Waals surface area contributed by atoms with Crippen LogP contribution in [0.25, 0.3) is 5.57 Å². The molecular weight excluding hydrogens is 266 g/mol. The van der Waals surface area contributed by atoms with Crippen LogP contribution in [0.2, 0.25) is 0 Å². The van der Waals surface area contributed by atoms with Crippen LogP contribution in [0.15, 0.2) is 29.3 Å². The van der Waals surface area contributed by atoms with Gasteiger partial charge in [0.2, 0.25) is 0 Å². The van der Waals surface area contributed by atoms with Gasteiger partial charge in [0.1, 0.15) is 0 Å². The van der Waals surface area contributed by atoms with Gasteiger partial charge in [0, 0.05) is 22.2 Å². The molecule has 0 unspecified atom stereocenters. The van der Waals surface area contributed by atoms with Gasteiger partial charge >= 0.3 is 5.97 Å². The zero-order valence-corrected chi connectivity index (χ0v) is 9.02. The van der Waals surface area contributed by atoms with Crippen molar-refractivity contribution in [3.63, 3.8) is 0 Å². The van der Waals surface area contributed by atoms with Gasteiger partial charge in [0.05, 0.1) is 10.5 Å². The van der Waals surface area contributed by atoms with Crippen molar-refractivity contribution in [2.24, 2.45) is 0 Å². The van der Waals surface area contributed by atoms with E-state index < -0.39 is 10.9 Å². The first-order valence-corrected chi connectivity index (χ1v) is 4.59. The van der Waals surface area contributed by atoms with Crippen molar-refractivity contribution in [1.29, 1.82) is 0 Å². The molecule has 1 aromatic rings. The minimum absolute atomic E-state index is 0.108. The van der Waals surface area contributed by atoms with Gasteiger partial charge in [-0.1, -0.05) is 6.58 Å². The molecule has 0 aliphatic carbocycles. The maximum Gasteiger partial charge on any atom is 0.335 e. The molecule has 0 saturated carbocycles. The van der Waals surface area contributed by atoms with E-state index in [9.17, 15) is 14.9 Å². The number of non-ortho nitro benzene ring substituents is 1. The average Bonchev–Trinajstić information content (AvgIpc) is 2.16. The fraction of sp³-hybridized carbons (Fsp3) is 0. The summed E-state index contributed by atoms with van der Waals surface area (Å²) in [6.07, 6.45) is 0. The summed E-state index contributed by atoms with van der Waals surface area (Å²) in [5.74, 6) is -1.16. The van der Waals surface area contributed by atoms with Gasteiger partial charge in [-0.15, -0.1) is 0 Å². The van der Waals surface area contributed by atoms with E-state index in [1.165, 1.54) is 18.2 Å². The standard InChI is InChI=1S/C9H6BrNO4/c1-5(9(12)13)7-3-2-6(11(14)15)4-8(7)10/h2-4H,1H2,(H,12,13). The molecule has 0 atom stereocenters. The highest BCUT2D eigenvalue weighted by Gasteiger charge is 2.14. The van der Waals surface area contributed by atoms with E-state index in [0.717, 1.165) is 0 Å². The molecule has 0 aliphatic heterocycles. The summed E-state index contributed by atoms with van der Waals surface area (Å²) in [7, 11) is 0. The molecule has 0 bridgehead atoms. The lowest BCUT2D eigenvalue weighted by Gasteiger charge is -2.03. The molecule has 0 radical (unpaired) electrons. The van der Waals surface area contributed by atoms with Crippen LogP contribution in [0.5, 0.6) is 0 Å². The minimum atomic E-state index is -1.16. The van der Waals surface area contributed by atoms with E-state index in [-0.39, 0.29) is 11.3 Å². The normalized spacial score (nSPS) is 9.67. The van der Waals surface area contributed by atoms with E-state index in [0.29, 0.717) is 10.0 Å². The first kappa shape index (κ1) is 11.4. The summed E-state index contributed by atoms with van der Waals surface area (Å²) >= 11 is 3.06. The highest BCUT2D eigenvalue weighted by atomic mass is 79.9. The van der Waals surface area contributed by atoms with E-state index in [4.69, 9.17) is 5.11 Å². The number of carboxylic acid groups (broad SMARTS) is 1. The maximum absolute atomic E-state index is 10.6. The SMILES string of the molecule is C=C(C(=O)O)c1ccc([N+](=O)[O-])cc1Br. The topological polar surface area (TPSA) is 80.4 Å². The van der Waals surface area contributed by atoms with Gasteiger partial charge in [-0.2, -0.15) is 0 Å². The molecule has 0 saturated heterocycles. The second kappa shape index (κ2) is 4.22. The molecule has 1 rings (SSSR count). The van der Waals surface area contributed by atoms with Gasteiger partial charge in [0.25, 0.3) is 5.69 Å². The Hall–Kier alpha value is -1.69. The third-order valence-corrected chi connectivity index (χ3v) is 2.40. The Labute approximate surface area is 93.3 Å². The van der Waals surface area contributed by atoms with Crippen LogP contribution < -0.4 is 0 Å². The number of hydrogen-bond acceptors (Lipinski definition) is 3. The number of carboxylic acids is 1. The van der Waals surface area contributed by atoms with Crippen molar-refractivity contribution in [3.8, 4) is 0 Å². The Morgan fingerprint density at radius 3 is 2.53 bits per heavy atom. The zero-order chi connectivity index (χ0) is 11.6. The molecular formula is C9H6BrNO4. The highest BCUT2D eigenvalue weighted by molar-refractivity contribution is 9.10. The number of nitrogens with zero attached hydrogens (tertiary/aromatic N) is 1. The van der Waals surface area contributed by atoms with Gasteiger partial charge in [0.15, 0.2) is 0 Å².